The van der Waals surface area contributed by atoms with Crippen LogP contribution in [-0.2, 0) is 6.54 Å². The van der Waals surface area contributed by atoms with Crippen LogP contribution >= 0.6 is 0 Å². The second-order valence-corrected chi connectivity index (χ2v) is 5.10. The van der Waals surface area contributed by atoms with E-state index in [1.807, 2.05) is 35.9 Å². The first-order valence-electron chi connectivity index (χ1n) is 6.81. The lowest BCUT2D eigenvalue weighted by Crippen LogP contribution is -3.00. The number of hydrogen-bond acceptors (Lipinski definition) is 1. The molecule has 1 heterocycles. The molecule has 3 rings (SSSR count). The van der Waals surface area contributed by atoms with E-state index in [-0.39, 0.29) is 35.1 Å². The molecule has 0 amide bonds. The number of halogens is 2. The van der Waals surface area contributed by atoms with Crippen molar-refractivity contribution in [3.8, 4) is 0 Å². The minimum Gasteiger partial charge on any atom is -1.00 e. The Hall–Kier alpha value is -2.07. The van der Waals surface area contributed by atoms with Gasteiger partial charge in [0.15, 0.2) is 11.9 Å². The standard InChI is InChI=1S/C18H15FNO.BrH/c1-13-10-15-4-2-3-5-16(15)11-20(13)12-18(21)14-6-8-17(19)9-7-14;/h2-11H,12H2,1H3;1H/q+1;/p-1. The highest BCUT2D eigenvalue weighted by atomic mass is 79.9. The van der Waals surface area contributed by atoms with Crippen LogP contribution in [0.25, 0.3) is 10.8 Å². The van der Waals surface area contributed by atoms with Crippen LogP contribution in [0.1, 0.15) is 16.1 Å². The minimum atomic E-state index is -0.332. The molecule has 2 nitrogen and oxygen atoms in total. The van der Waals surface area contributed by atoms with Gasteiger partial charge in [0.25, 0.3) is 0 Å². The highest BCUT2D eigenvalue weighted by Gasteiger charge is 2.15. The lowest BCUT2D eigenvalue weighted by molar-refractivity contribution is -0.687. The maximum Gasteiger partial charge on any atom is 0.227 e. The summed E-state index contributed by atoms with van der Waals surface area (Å²) in [5, 5.41) is 2.25. The Bertz CT molecular complexity index is 815. The Morgan fingerprint density at radius 1 is 1.05 bits per heavy atom. The van der Waals surface area contributed by atoms with Crippen molar-refractivity contribution >= 4 is 16.6 Å². The molecule has 4 heteroatoms. The van der Waals surface area contributed by atoms with Crippen LogP contribution < -0.4 is 21.5 Å². The minimum absolute atomic E-state index is 0. The normalized spacial score (nSPS) is 10.3. The molecule has 112 valence electrons. The first-order chi connectivity index (χ1) is 10.1. The number of pyridine rings is 1. The molecule has 0 N–H and O–H groups in total. The van der Waals surface area contributed by atoms with Crippen molar-refractivity contribution in [2.75, 3.05) is 0 Å². The van der Waals surface area contributed by atoms with Gasteiger partial charge < -0.3 is 17.0 Å². The quantitative estimate of drug-likeness (QED) is 0.491. The SMILES string of the molecule is Cc1cc2ccccc2c[n+]1CC(=O)c1ccc(F)cc1.[Br-]. The predicted molar refractivity (Wildman–Crippen MR) is 79.6 cm³/mol. The van der Waals surface area contributed by atoms with Crippen molar-refractivity contribution in [1.82, 2.24) is 0 Å². The van der Waals surface area contributed by atoms with Crippen molar-refractivity contribution in [3.05, 3.63) is 77.9 Å². The smallest absolute Gasteiger partial charge is 0.227 e. The maximum atomic E-state index is 12.9. The summed E-state index contributed by atoms with van der Waals surface area (Å²) in [4.78, 5) is 12.3. The molecule has 3 aromatic rings. The fraction of sp³-hybridized carbons (Fsp3) is 0.111. The Morgan fingerprint density at radius 3 is 2.36 bits per heavy atom. The van der Waals surface area contributed by atoms with E-state index in [4.69, 9.17) is 0 Å². The summed E-state index contributed by atoms with van der Waals surface area (Å²) in [6.07, 6.45) is 1.98. The second kappa shape index (κ2) is 6.79. The number of Topliss-reactive ketones (excluding diaryl/α,β-unsaturated/α-hetero) is 1. The number of aryl methyl sites for hydroxylation is 1. The van der Waals surface area contributed by atoms with Crippen LogP contribution in [0.2, 0.25) is 0 Å². The Labute approximate surface area is 139 Å². The van der Waals surface area contributed by atoms with E-state index in [2.05, 4.69) is 12.1 Å². The van der Waals surface area contributed by atoms with Crippen molar-refractivity contribution in [1.29, 1.82) is 0 Å². The number of hydrogen-bond donors (Lipinski definition) is 0. The van der Waals surface area contributed by atoms with Gasteiger partial charge >= 0.3 is 0 Å². The van der Waals surface area contributed by atoms with Gasteiger partial charge in [-0.15, -0.1) is 0 Å². The van der Waals surface area contributed by atoms with Crippen LogP contribution in [0.15, 0.2) is 60.8 Å². The van der Waals surface area contributed by atoms with E-state index in [1.54, 1.807) is 0 Å². The number of carbonyl (C=O) groups is 1. The summed E-state index contributed by atoms with van der Waals surface area (Å²) in [5.74, 6) is -0.362. The van der Waals surface area contributed by atoms with E-state index in [9.17, 15) is 9.18 Å². The molecule has 0 aliphatic heterocycles. The molecular weight excluding hydrogens is 345 g/mol. The molecular formula is C18H15BrFNO. The average Bonchev–Trinajstić information content (AvgIpc) is 2.48. The molecule has 0 unspecified atom stereocenters. The third kappa shape index (κ3) is 3.39. The molecule has 22 heavy (non-hydrogen) atoms. The molecule has 1 aromatic heterocycles. The fourth-order valence-electron chi connectivity index (χ4n) is 2.39. The Morgan fingerprint density at radius 2 is 1.68 bits per heavy atom. The van der Waals surface area contributed by atoms with Gasteiger partial charge in [-0.25, -0.2) is 4.39 Å². The summed E-state index contributed by atoms with van der Waals surface area (Å²) in [5.41, 5.74) is 1.54. The molecule has 0 radical (unpaired) electrons. The number of rotatable bonds is 3. The molecule has 0 aliphatic carbocycles. The molecule has 2 aromatic carbocycles. The molecule has 0 saturated heterocycles. The second-order valence-electron chi connectivity index (χ2n) is 5.10. The van der Waals surface area contributed by atoms with Crippen molar-refractivity contribution in [2.45, 2.75) is 13.5 Å². The zero-order chi connectivity index (χ0) is 14.8. The molecule has 0 spiro atoms. The average molecular weight is 360 g/mol. The van der Waals surface area contributed by atoms with Crippen LogP contribution in [-0.4, -0.2) is 5.78 Å². The van der Waals surface area contributed by atoms with Crippen LogP contribution in [0.5, 0.6) is 0 Å². The first-order valence-corrected chi connectivity index (χ1v) is 6.81. The topological polar surface area (TPSA) is 20.9 Å². The van der Waals surface area contributed by atoms with E-state index >= 15 is 0 Å². The van der Waals surface area contributed by atoms with Crippen LogP contribution in [0.3, 0.4) is 0 Å². The summed E-state index contributed by atoms with van der Waals surface area (Å²) in [6, 6.07) is 15.8. The van der Waals surface area contributed by atoms with Crippen molar-refractivity contribution in [2.24, 2.45) is 0 Å². The third-order valence-electron chi connectivity index (χ3n) is 3.59. The maximum absolute atomic E-state index is 12.9. The van der Waals surface area contributed by atoms with Crippen LogP contribution in [0, 0.1) is 12.7 Å². The van der Waals surface area contributed by atoms with Gasteiger partial charge in [-0.1, -0.05) is 18.2 Å². The summed E-state index contributed by atoms with van der Waals surface area (Å²) < 4.78 is 14.8. The molecule has 0 bridgehead atoms. The number of benzene rings is 2. The van der Waals surface area contributed by atoms with Gasteiger partial charge in [0.2, 0.25) is 12.3 Å². The largest absolute Gasteiger partial charge is 1.00 e. The van der Waals surface area contributed by atoms with Gasteiger partial charge in [0.05, 0.1) is 0 Å². The number of ketones is 1. The van der Waals surface area contributed by atoms with Crippen LogP contribution in [0.4, 0.5) is 4.39 Å². The van der Waals surface area contributed by atoms with E-state index in [1.165, 1.54) is 24.3 Å². The van der Waals surface area contributed by atoms with E-state index in [0.29, 0.717) is 5.56 Å². The monoisotopic (exact) mass is 359 g/mol. The lowest BCUT2D eigenvalue weighted by atomic mass is 10.1. The zero-order valence-corrected chi connectivity index (χ0v) is 13.7. The number of nitrogens with zero attached hydrogens (tertiary/aromatic N) is 1. The van der Waals surface area contributed by atoms with Crippen molar-refractivity contribution in [3.63, 3.8) is 0 Å². The van der Waals surface area contributed by atoms with Gasteiger partial charge in [-0.2, -0.15) is 4.57 Å². The number of carbonyl (C=O) groups excluding carboxylic acids is 1. The van der Waals surface area contributed by atoms with E-state index < -0.39 is 0 Å². The third-order valence-corrected chi connectivity index (χ3v) is 3.59. The number of fused-ring (bicyclic) bond motifs is 1. The van der Waals surface area contributed by atoms with Gasteiger partial charge in [-0.05, 0) is 35.7 Å². The van der Waals surface area contributed by atoms with Crippen molar-refractivity contribution < 1.29 is 30.7 Å². The molecule has 0 saturated carbocycles. The Balaban J connectivity index is 0.00000176. The zero-order valence-electron chi connectivity index (χ0n) is 12.1. The highest BCUT2D eigenvalue weighted by Crippen LogP contribution is 2.12. The van der Waals surface area contributed by atoms with Gasteiger partial charge in [0, 0.05) is 23.9 Å². The van der Waals surface area contributed by atoms with E-state index in [0.717, 1.165) is 16.5 Å². The fourth-order valence-corrected chi connectivity index (χ4v) is 2.39. The molecule has 0 atom stereocenters. The Kier molecular flexibility index (Phi) is 5.03. The summed E-state index contributed by atoms with van der Waals surface area (Å²) >= 11 is 0. The summed E-state index contributed by atoms with van der Waals surface area (Å²) in [6.45, 7) is 2.23. The lowest BCUT2D eigenvalue weighted by Gasteiger charge is -2.03. The molecule has 0 fully saturated rings. The van der Waals surface area contributed by atoms with Gasteiger partial charge in [-0.3, -0.25) is 4.79 Å². The number of aromatic nitrogens is 1. The highest BCUT2D eigenvalue weighted by molar-refractivity contribution is 5.95. The summed E-state index contributed by atoms with van der Waals surface area (Å²) in [7, 11) is 0. The van der Waals surface area contributed by atoms with Gasteiger partial charge in [0.1, 0.15) is 5.82 Å². The first kappa shape index (κ1) is 16.3. The molecule has 0 aliphatic rings. The predicted octanol–water partition coefficient (Wildman–Crippen LogP) is 0.462.